The molecule has 0 radical (unpaired) electrons. The highest BCUT2D eigenvalue weighted by Gasteiger charge is 2.19. The molecule has 0 aliphatic rings. The van der Waals surface area contributed by atoms with Gasteiger partial charge < -0.3 is 14.2 Å². The lowest BCUT2D eigenvalue weighted by Crippen LogP contribution is -2.30. The predicted octanol–water partition coefficient (Wildman–Crippen LogP) is 18.5. The average Bonchev–Trinajstić information content (AvgIpc) is 3.33. The maximum atomic E-state index is 12.7. The smallest absolute Gasteiger partial charge is 0.306 e. The summed E-state index contributed by atoms with van der Waals surface area (Å²) < 4.78 is 16.7. The number of carbonyl (C=O) groups is 3. The van der Waals surface area contributed by atoms with Gasteiger partial charge in [0.2, 0.25) is 0 Å². The molecule has 0 spiro atoms. The molecule has 0 heterocycles. The van der Waals surface area contributed by atoms with Crippen LogP contribution in [0.15, 0.2) is 97.2 Å². The first-order valence-electron chi connectivity index (χ1n) is 27.7. The zero-order chi connectivity index (χ0) is 48.6. The van der Waals surface area contributed by atoms with Crippen molar-refractivity contribution in [1.82, 2.24) is 0 Å². The normalized spacial score (nSPS) is 12.8. The highest BCUT2D eigenvalue weighted by Crippen LogP contribution is 2.14. The van der Waals surface area contributed by atoms with Gasteiger partial charge in [0.25, 0.3) is 0 Å². The molecule has 382 valence electrons. The molecule has 0 saturated heterocycles. The molecular formula is C61H102O6. The van der Waals surface area contributed by atoms with E-state index in [9.17, 15) is 14.4 Å². The molecule has 0 fully saturated rings. The van der Waals surface area contributed by atoms with Crippen molar-refractivity contribution in [2.45, 2.75) is 258 Å². The van der Waals surface area contributed by atoms with E-state index < -0.39 is 6.10 Å². The summed E-state index contributed by atoms with van der Waals surface area (Å²) in [5.41, 5.74) is 0. The second-order valence-electron chi connectivity index (χ2n) is 18.1. The van der Waals surface area contributed by atoms with Gasteiger partial charge in [-0.15, -0.1) is 0 Å². The Kier molecular flexibility index (Phi) is 51.9. The second-order valence-corrected chi connectivity index (χ2v) is 18.1. The van der Waals surface area contributed by atoms with E-state index in [0.29, 0.717) is 19.3 Å². The number of carbonyl (C=O) groups excluding carboxylic acids is 3. The number of rotatable bonds is 49. The van der Waals surface area contributed by atoms with Crippen LogP contribution in [0.25, 0.3) is 0 Å². The first kappa shape index (κ1) is 63.3. The van der Waals surface area contributed by atoms with E-state index in [4.69, 9.17) is 14.2 Å². The molecule has 0 aromatic heterocycles. The summed E-state index contributed by atoms with van der Waals surface area (Å²) >= 11 is 0. The topological polar surface area (TPSA) is 78.9 Å². The number of hydrogen-bond donors (Lipinski definition) is 0. The zero-order valence-corrected chi connectivity index (χ0v) is 43.6. The van der Waals surface area contributed by atoms with E-state index >= 15 is 0 Å². The molecule has 1 unspecified atom stereocenters. The molecule has 1 atom stereocenters. The Labute approximate surface area is 413 Å². The van der Waals surface area contributed by atoms with Crippen molar-refractivity contribution >= 4 is 17.9 Å². The Morgan fingerprint density at radius 2 is 0.612 bits per heavy atom. The van der Waals surface area contributed by atoms with E-state index in [0.717, 1.165) is 128 Å². The third kappa shape index (κ3) is 53.2. The molecule has 0 aliphatic carbocycles. The molecule has 6 heteroatoms. The van der Waals surface area contributed by atoms with E-state index in [1.807, 2.05) is 0 Å². The van der Waals surface area contributed by atoms with Crippen LogP contribution in [0, 0.1) is 0 Å². The van der Waals surface area contributed by atoms with E-state index in [2.05, 4.69) is 118 Å². The van der Waals surface area contributed by atoms with Crippen molar-refractivity contribution in [2.24, 2.45) is 0 Å². The predicted molar refractivity (Wildman–Crippen MR) is 288 cm³/mol. The Balaban J connectivity index is 4.10. The van der Waals surface area contributed by atoms with Gasteiger partial charge in [-0.05, 0) is 96.3 Å². The molecule has 0 aromatic carbocycles. The Hall–Kier alpha value is -3.67. The fraction of sp³-hybridized carbons (Fsp3) is 0.689. The van der Waals surface area contributed by atoms with Crippen molar-refractivity contribution in [1.29, 1.82) is 0 Å². The lowest BCUT2D eigenvalue weighted by molar-refractivity contribution is -0.167. The molecule has 0 saturated carbocycles. The number of esters is 3. The average molecular weight is 931 g/mol. The number of allylic oxidation sites excluding steroid dienone is 16. The van der Waals surface area contributed by atoms with Gasteiger partial charge in [-0.3, -0.25) is 14.4 Å². The van der Waals surface area contributed by atoms with Crippen LogP contribution in [-0.4, -0.2) is 37.2 Å². The van der Waals surface area contributed by atoms with Crippen molar-refractivity contribution in [3.8, 4) is 0 Å². The lowest BCUT2D eigenvalue weighted by atomic mass is 10.1. The molecule has 0 aliphatic heterocycles. The molecule has 0 amide bonds. The first-order valence-corrected chi connectivity index (χ1v) is 27.7. The SMILES string of the molecule is CC/C=C\C/C=C\C/C=C\C/C=C\C/C=C\C/C=C\C/C=C\CCCCCCCCCCCC(=O)OCC(COC(=O)CCCCCCCCCC)OC(=O)CCCCCCC/C=C\CCC. The summed E-state index contributed by atoms with van der Waals surface area (Å²) in [6.45, 7) is 6.41. The standard InChI is InChI=1S/C61H102O6/c1-4-7-10-13-16-19-21-22-23-24-25-26-27-28-29-30-31-32-33-34-35-36-37-38-39-40-41-43-45-48-51-54-60(63)66-57-58(56-65-59(62)53-50-47-44-18-15-12-9-6-3)67-61(64)55-52-49-46-42-20-17-14-11-8-5-2/h7,10-11,14,16,19,22-23,25-26,28-29,31-32,34-35,58H,4-6,8-9,12-13,15,17-18,20-21,24,27,30,33,36-57H2,1-3H3/b10-7-,14-11-,19-16-,23-22-,26-25-,29-28-,32-31-,35-34-. The largest absolute Gasteiger partial charge is 0.462 e. The molecule has 0 N–H and O–H groups in total. The summed E-state index contributed by atoms with van der Waals surface area (Å²) in [6, 6.07) is 0. The highest BCUT2D eigenvalue weighted by molar-refractivity contribution is 5.71. The minimum atomic E-state index is -0.779. The third-order valence-electron chi connectivity index (χ3n) is 11.6. The van der Waals surface area contributed by atoms with Crippen LogP contribution in [-0.2, 0) is 28.6 Å². The highest BCUT2D eigenvalue weighted by atomic mass is 16.6. The molecule has 0 bridgehead atoms. The first-order chi connectivity index (χ1) is 33.0. The van der Waals surface area contributed by atoms with Crippen LogP contribution >= 0.6 is 0 Å². The van der Waals surface area contributed by atoms with Crippen LogP contribution in [0.2, 0.25) is 0 Å². The van der Waals surface area contributed by atoms with Gasteiger partial charge in [-0.2, -0.15) is 0 Å². The van der Waals surface area contributed by atoms with Crippen molar-refractivity contribution in [2.75, 3.05) is 13.2 Å². The van der Waals surface area contributed by atoms with Crippen molar-refractivity contribution < 1.29 is 28.6 Å². The van der Waals surface area contributed by atoms with Crippen molar-refractivity contribution in [3.63, 3.8) is 0 Å². The van der Waals surface area contributed by atoms with Crippen molar-refractivity contribution in [3.05, 3.63) is 97.2 Å². The maximum absolute atomic E-state index is 12.7. The molecule has 67 heavy (non-hydrogen) atoms. The Morgan fingerprint density at radius 1 is 0.313 bits per heavy atom. The van der Waals surface area contributed by atoms with Gasteiger partial charge in [0.05, 0.1) is 0 Å². The van der Waals surface area contributed by atoms with Gasteiger partial charge >= 0.3 is 17.9 Å². The number of hydrogen-bond acceptors (Lipinski definition) is 6. The summed E-state index contributed by atoms with van der Waals surface area (Å²) in [5.74, 6) is -0.905. The van der Waals surface area contributed by atoms with Crippen LogP contribution < -0.4 is 0 Å². The molecular weight excluding hydrogens is 829 g/mol. The second kappa shape index (κ2) is 54.9. The summed E-state index contributed by atoms with van der Waals surface area (Å²) in [6.07, 6.45) is 72.8. The zero-order valence-electron chi connectivity index (χ0n) is 43.6. The third-order valence-corrected chi connectivity index (χ3v) is 11.6. The van der Waals surface area contributed by atoms with E-state index in [-0.39, 0.29) is 31.1 Å². The summed E-state index contributed by atoms with van der Waals surface area (Å²) in [7, 11) is 0. The van der Waals surface area contributed by atoms with Crippen LogP contribution in [0.3, 0.4) is 0 Å². The van der Waals surface area contributed by atoms with Gasteiger partial charge in [-0.25, -0.2) is 0 Å². The van der Waals surface area contributed by atoms with E-state index in [1.165, 1.54) is 83.5 Å². The Morgan fingerprint density at radius 3 is 0.985 bits per heavy atom. The van der Waals surface area contributed by atoms with Gasteiger partial charge in [0.1, 0.15) is 13.2 Å². The number of ether oxygens (including phenoxy) is 3. The van der Waals surface area contributed by atoms with Gasteiger partial charge in [0.15, 0.2) is 6.10 Å². The molecule has 0 rings (SSSR count). The van der Waals surface area contributed by atoms with Gasteiger partial charge in [-0.1, -0.05) is 234 Å². The van der Waals surface area contributed by atoms with E-state index in [1.54, 1.807) is 0 Å². The minimum absolute atomic E-state index is 0.0812. The fourth-order valence-electron chi connectivity index (χ4n) is 7.42. The number of unbranched alkanes of at least 4 members (excludes halogenated alkanes) is 22. The van der Waals surface area contributed by atoms with Crippen LogP contribution in [0.1, 0.15) is 252 Å². The summed E-state index contributed by atoms with van der Waals surface area (Å²) in [4.78, 5) is 37.8. The lowest BCUT2D eigenvalue weighted by Gasteiger charge is -2.18. The monoisotopic (exact) mass is 931 g/mol. The maximum Gasteiger partial charge on any atom is 0.306 e. The molecule has 0 aromatic rings. The van der Waals surface area contributed by atoms with Crippen LogP contribution in [0.4, 0.5) is 0 Å². The fourth-order valence-corrected chi connectivity index (χ4v) is 7.42. The minimum Gasteiger partial charge on any atom is -0.462 e. The summed E-state index contributed by atoms with van der Waals surface area (Å²) in [5, 5.41) is 0. The quantitative estimate of drug-likeness (QED) is 0.0262. The van der Waals surface area contributed by atoms with Crippen LogP contribution in [0.5, 0.6) is 0 Å². The molecule has 6 nitrogen and oxygen atoms in total. The van der Waals surface area contributed by atoms with Gasteiger partial charge in [0, 0.05) is 19.3 Å². The Bertz CT molecular complexity index is 1350.